The second-order valence-corrected chi connectivity index (χ2v) is 8.51. The maximum Gasteiger partial charge on any atom is 0.338 e. The number of carbonyl (C=O) groups is 2. The molecule has 0 aliphatic carbocycles. The molecule has 0 aliphatic rings. The number of ether oxygens (including phenoxy) is 1. The molecule has 0 radical (unpaired) electrons. The van der Waals surface area contributed by atoms with Crippen molar-refractivity contribution < 1.29 is 22.7 Å². The van der Waals surface area contributed by atoms with Crippen molar-refractivity contribution >= 4 is 39.2 Å². The van der Waals surface area contributed by atoms with Gasteiger partial charge in [0.05, 0.1) is 16.7 Å². The fraction of sp³-hybridized carbons (Fsp3) is 0.211. The number of nitriles is 1. The van der Waals surface area contributed by atoms with Gasteiger partial charge in [0.2, 0.25) is 10.0 Å². The highest BCUT2D eigenvalue weighted by Crippen LogP contribution is 2.25. The number of halogens is 1. The summed E-state index contributed by atoms with van der Waals surface area (Å²) in [5.74, 6) is -1.49. The van der Waals surface area contributed by atoms with Crippen molar-refractivity contribution in [3.63, 3.8) is 0 Å². The van der Waals surface area contributed by atoms with E-state index >= 15 is 0 Å². The Balaban J connectivity index is 2.16. The van der Waals surface area contributed by atoms with Crippen molar-refractivity contribution in [2.75, 3.05) is 32.1 Å². The van der Waals surface area contributed by atoms with E-state index in [1.54, 1.807) is 30.3 Å². The zero-order valence-corrected chi connectivity index (χ0v) is 17.3. The summed E-state index contributed by atoms with van der Waals surface area (Å²) >= 11 is 5.95. The van der Waals surface area contributed by atoms with Crippen LogP contribution in [0.2, 0.25) is 5.02 Å². The van der Waals surface area contributed by atoms with Crippen LogP contribution in [0.5, 0.6) is 0 Å². The predicted molar refractivity (Wildman–Crippen MR) is 107 cm³/mol. The smallest absolute Gasteiger partial charge is 0.338 e. The number of rotatable bonds is 7. The Morgan fingerprint density at radius 3 is 2.38 bits per heavy atom. The van der Waals surface area contributed by atoms with Gasteiger partial charge in [-0.25, -0.2) is 17.5 Å². The highest BCUT2D eigenvalue weighted by Gasteiger charge is 2.24. The van der Waals surface area contributed by atoms with Crippen molar-refractivity contribution in [3.8, 4) is 6.07 Å². The lowest BCUT2D eigenvalue weighted by molar-refractivity contribution is -0.121. The zero-order valence-electron chi connectivity index (χ0n) is 15.7. The van der Waals surface area contributed by atoms with E-state index in [-0.39, 0.29) is 22.0 Å². The second kappa shape index (κ2) is 9.52. The number of anilines is 1. The molecule has 2 aromatic carbocycles. The maximum absolute atomic E-state index is 12.4. The molecule has 2 rings (SSSR count). The molecule has 0 aromatic heterocycles. The van der Waals surface area contributed by atoms with Crippen molar-refractivity contribution in [2.45, 2.75) is 4.90 Å². The Hall–Kier alpha value is -2.93. The summed E-state index contributed by atoms with van der Waals surface area (Å²) in [5.41, 5.74) is 0.412. The summed E-state index contributed by atoms with van der Waals surface area (Å²) < 4.78 is 30.6. The lowest BCUT2D eigenvalue weighted by Gasteiger charge is -2.19. The minimum atomic E-state index is -3.87. The Labute approximate surface area is 173 Å². The molecule has 0 atom stereocenters. The molecule has 8 nitrogen and oxygen atoms in total. The molecule has 0 unspecified atom stereocenters. The molecule has 10 heteroatoms. The van der Waals surface area contributed by atoms with E-state index in [4.69, 9.17) is 21.6 Å². The van der Waals surface area contributed by atoms with Gasteiger partial charge in [-0.1, -0.05) is 29.8 Å². The third kappa shape index (κ3) is 5.32. The largest absolute Gasteiger partial charge is 0.452 e. The molecule has 152 valence electrons. The molecule has 0 N–H and O–H groups in total. The summed E-state index contributed by atoms with van der Waals surface area (Å²) in [5, 5.41) is 8.91. The van der Waals surface area contributed by atoms with Crippen LogP contribution >= 0.6 is 11.6 Å². The number of para-hydroxylation sites is 1. The van der Waals surface area contributed by atoms with E-state index in [9.17, 15) is 18.0 Å². The minimum Gasteiger partial charge on any atom is -0.452 e. The average molecular weight is 436 g/mol. The van der Waals surface area contributed by atoms with Crippen molar-refractivity contribution in [1.82, 2.24) is 4.31 Å². The first-order valence-corrected chi connectivity index (χ1v) is 10.1. The topological polar surface area (TPSA) is 108 Å². The SMILES string of the molecule is CN(C)S(=O)(=O)c1cc(C(=O)OCC(=O)N(CC#N)c2ccccc2)ccc1Cl. The third-order valence-electron chi connectivity index (χ3n) is 3.85. The maximum atomic E-state index is 12.4. The first-order chi connectivity index (χ1) is 13.7. The Morgan fingerprint density at radius 1 is 1.14 bits per heavy atom. The van der Waals surface area contributed by atoms with Gasteiger partial charge in [-0.15, -0.1) is 0 Å². The van der Waals surface area contributed by atoms with Crippen LogP contribution in [0.1, 0.15) is 10.4 Å². The summed E-state index contributed by atoms with van der Waals surface area (Å²) in [6.45, 7) is -0.833. The van der Waals surface area contributed by atoms with Gasteiger partial charge < -0.3 is 4.74 Å². The average Bonchev–Trinajstić information content (AvgIpc) is 2.70. The molecule has 2 aromatic rings. The first-order valence-electron chi connectivity index (χ1n) is 8.30. The van der Waals surface area contributed by atoms with Gasteiger partial charge in [0.15, 0.2) is 6.61 Å². The molecule has 0 heterocycles. The van der Waals surface area contributed by atoms with Gasteiger partial charge in [0, 0.05) is 19.8 Å². The van der Waals surface area contributed by atoms with Crippen LogP contribution in [0.3, 0.4) is 0 Å². The number of hydrogen-bond acceptors (Lipinski definition) is 6. The van der Waals surface area contributed by atoms with E-state index in [0.717, 1.165) is 10.4 Å². The van der Waals surface area contributed by atoms with Crippen molar-refractivity contribution in [2.24, 2.45) is 0 Å². The fourth-order valence-corrected chi connectivity index (χ4v) is 3.71. The number of nitrogens with zero attached hydrogens (tertiary/aromatic N) is 3. The minimum absolute atomic E-state index is 0.0457. The molecular formula is C19H18ClN3O5S. The normalized spacial score (nSPS) is 11.0. The summed E-state index contributed by atoms with van der Waals surface area (Å²) in [7, 11) is -1.20. The van der Waals surface area contributed by atoms with E-state index < -0.39 is 28.5 Å². The van der Waals surface area contributed by atoms with E-state index in [1.165, 1.54) is 31.1 Å². The molecule has 0 saturated heterocycles. The lowest BCUT2D eigenvalue weighted by Crippen LogP contribution is -2.35. The number of amides is 1. The van der Waals surface area contributed by atoms with Crippen molar-refractivity contribution in [3.05, 3.63) is 59.1 Å². The Bertz CT molecular complexity index is 1050. The zero-order chi connectivity index (χ0) is 21.6. The second-order valence-electron chi connectivity index (χ2n) is 5.98. The molecule has 0 fully saturated rings. The predicted octanol–water partition coefficient (Wildman–Crippen LogP) is 2.30. The van der Waals surface area contributed by atoms with Crippen LogP contribution in [0.25, 0.3) is 0 Å². The number of benzene rings is 2. The summed E-state index contributed by atoms with van der Waals surface area (Å²) in [6.07, 6.45) is 0. The number of hydrogen-bond donors (Lipinski definition) is 0. The highest BCUT2D eigenvalue weighted by atomic mass is 35.5. The molecule has 0 saturated carbocycles. The Morgan fingerprint density at radius 2 is 1.79 bits per heavy atom. The van der Waals surface area contributed by atoms with Gasteiger partial charge in [-0.05, 0) is 30.3 Å². The first kappa shape index (κ1) is 22.4. The number of sulfonamides is 1. The molecular weight excluding hydrogens is 418 g/mol. The molecule has 29 heavy (non-hydrogen) atoms. The molecule has 1 amide bonds. The van der Waals surface area contributed by atoms with Crippen LogP contribution in [0, 0.1) is 11.3 Å². The van der Waals surface area contributed by atoms with Crippen LogP contribution in [-0.2, 0) is 19.6 Å². The van der Waals surface area contributed by atoms with E-state index in [1.807, 2.05) is 6.07 Å². The summed E-state index contributed by atoms with van der Waals surface area (Å²) in [4.78, 5) is 25.7. The standard InChI is InChI=1S/C19H18ClN3O5S/c1-22(2)29(26,27)17-12-14(8-9-16(17)20)19(25)28-13-18(24)23(11-10-21)15-6-4-3-5-7-15/h3-9,12H,11,13H2,1-2H3. The van der Waals surface area contributed by atoms with Gasteiger partial charge >= 0.3 is 5.97 Å². The van der Waals surface area contributed by atoms with Crippen LogP contribution < -0.4 is 4.90 Å². The number of esters is 1. The van der Waals surface area contributed by atoms with Gasteiger partial charge in [-0.3, -0.25) is 9.69 Å². The third-order valence-corrected chi connectivity index (χ3v) is 6.15. The van der Waals surface area contributed by atoms with Gasteiger partial charge in [0.1, 0.15) is 11.4 Å². The molecule has 0 aliphatic heterocycles. The fourth-order valence-electron chi connectivity index (χ4n) is 2.32. The summed E-state index contributed by atoms with van der Waals surface area (Å²) in [6, 6.07) is 14.0. The quantitative estimate of drug-likeness (QED) is 0.487. The monoisotopic (exact) mass is 435 g/mol. The van der Waals surface area contributed by atoms with Gasteiger partial charge in [0.25, 0.3) is 5.91 Å². The van der Waals surface area contributed by atoms with Gasteiger partial charge in [-0.2, -0.15) is 5.26 Å². The highest BCUT2D eigenvalue weighted by molar-refractivity contribution is 7.89. The number of carbonyl (C=O) groups excluding carboxylic acids is 2. The van der Waals surface area contributed by atoms with E-state index in [2.05, 4.69) is 0 Å². The lowest BCUT2D eigenvalue weighted by atomic mass is 10.2. The van der Waals surface area contributed by atoms with Crippen LogP contribution in [-0.4, -0.2) is 51.8 Å². The Kier molecular flexibility index (Phi) is 7.34. The molecule has 0 bridgehead atoms. The van der Waals surface area contributed by atoms with E-state index in [0.29, 0.717) is 5.69 Å². The van der Waals surface area contributed by atoms with Crippen LogP contribution in [0.15, 0.2) is 53.4 Å². The molecule has 0 spiro atoms. The van der Waals surface area contributed by atoms with Crippen LogP contribution in [0.4, 0.5) is 5.69 Å². The van der Waals surface area contributed by atoms with Crippen molar-refractivity contribution in [1.29, 1.82) is 5.26 Å².